The number of esters is 2. The van der Waals surface area contributed by atoms with Crippen LogP contribution in [0.1, 0.15) is 170 Å². The van der Waals surface area contributed by atoms with Crippen LogP contribution in [0.5, 0.6) is 11.8 Å². The van der Waals surface area contributed by atoms with Gasteiger partial charge in [0, 0.05) is 64.7 Å². The molecule has 2 aromatic heterocycles. The topological polar surface area (TPSA) is 202 Å². The van der Waals surface area contributed by atoms with E-state index in [1.165, 1.54) is 0 Å². The number of ether oxygens (including phenoxy) is 7. The van der Waals surface area contributed by atoms with Crippen LogP contribution in [0.3, 0.4) is 0 Å². The number of amides is 2. The number of benzene rings is 2. The maximum atomic E-state index is 12.7. The number of aliphatic hydroxyl groups is 1. The van der Waals surface area contributed by atoms with Crippen molar-refractivity contribution in [3.8, 4) is 11.8 Å². The van der Waals surface area contributed by atoms with Gasteiger partial charge < -0.3 is 48.1 Å². The number of aliphatic hydroxyl groups excluding tert-OH is 1. The molecule has 17 nitrogen and oxygen atoms in total. The van der Waals surface area contributed by atoms with Gasteiger partial charge in [0.2, 0.25) is 16.5 Å². The van der Waals surface area contributed by atoms with Gasteiger partial charge in [-0.25, -0.2) is 9.97 Å². The summed E-state index contributed by atoms with van der Waals surface area (Å²) in [6.07, 6.45) is 5.67. The number of carbonyl (C=O) groups is 5. The van der Waals surface area contributed by atoms with Gasteiger partial charge in [0.05, 0.1) is 42.5 Å². The molecule has 23 heteroatoms. The van der Waals surface area contributed by atoms with Crippen LogP contribution in [-0.4, -0.2) is 155 Å². The first kappa shape index (κ1) is 109. The monoisotopic (exact) mass is 1560 g/mol. The highest BCUT2D eigenvalue weighted by Gasteiger charge is 2.22. The quantitative estimate of drug-likeness (QED) is 0.0255. The predicted molar refractivity (Wildman–Crippen MR) is 393 cm³/mol. The minimum Gasteiger partial charge on any atom is -0.472 e. The maximum absolute atomic E-state index is 12.7. The van der Waals surface area contributed by atoms with Crippen molar-refractivity contribution in [3.63, 3.8) is 0 Å². The van der Waals surface area contributed by atoms with Crippen LogP contribution >= 0.6 is 86.9 Å². The van der Waals surface area contributed by atoms with Gasteiger partial charge in [-0.15, -0.1) is 23.2 Å². The van der Waals surface area contributed by atoms with Crippen molar-refractivity contribution in [1.29, 1.82) is 0 Å². The van der Waals surface area contributed by atoms with E-state index in [4.69, 9.17) is 52.0 Å². The van der Waals surface area contributed by atoms with Crippen LogP contribution in [0.2, 0.25) is 0 Å². The Balaban J connectivity index is -0.000000105. The molecule has 4 aromatic rings. The maximum Gasteiger partial charge on any atom is 0.319 e. The molecule has 89 heavy (non-hydrogen) atoms. The van der Waals surface area contributed by atoms with E-state index in [2.05, 4.69) is 89.7 Å². The van der Waals surface area contributed by atoms with Crippen LogP contribution < -0.4 is 9.47 Å². The summed E-state index contributed by atoms with van der Waals surface area (Å²) in [7, 11) is 4.68. The second-order valence-corrected chi connectivity index (χ2v) is 21.7. The van der Waals surface area contributed by atoms with Crippen molar-refractivity contribution in [2.75, 3.05) is 92.5 Å². The van der Waals surface area contributed by atoms with Gasteiger partial charge in [0.15, 0.2) is 0 Å². The molecule has 0 bridgehead atoms. The fourth-order valence-electron chi connectivity index (χ4n) is 5.92. The normalized spacial score (nSPS) is 10.3. The Hall–Kier alpha value is -4.03. The molecule has 4 unspecified atom stereocenters. The van der Waals surface area contributed by atoms with Crippen LogP contribution in [0.15, 0.2) is 91.8 Å². The lowest BCUT2D eigenvalue weighted by atomic mass is 10.0. The summed E-state index contributed by atoms with van der Waals surface area (Å²) in [5.74, 6) is -0.158. The average Bonchev–Trinajstić information content (AvgIpc) is 3.46. The molecule has 4 rings (SSSR count). The fourth-order valence-corrected chi connectivity index (χ4v) is 6.92. The number of alkyl halides is 5. The van der Waals surface area contributed by atoms with Crippen LogP contribution in [0, 0.1) is 5.92 Å². The lowest BCUT2D eigenvalue weighted by Crippen LogP contribution is -2.30. The lowest BCUT2D eigenvalue weighted by molar-refractivity contribution is -0.149. The smallest absolute Gasteiger partial charge is 0.319 e. The number of pyridine rings is 2. The SMILES string of the molecule is C.C.C.C.C.C.C.C.C.C=Cc1ccc(COc2ncccc2C(=O)N(CC)CC)cc1.CC(Br)C(=O)Br.CCN(CC)C(=O)c1cccnc1OCc1ccc(C(Br)CC(C)C(=O)OCCOC)cc1.COCCO.COCCOC(=O)C(C)Br.ClCCl. The first-order chi connectivity index (χ1) is 38.2. The second kappa shape index (κ2) is 69.9. The van der Waals surface area contributed by atoms with Crippen LogP contribution in [0.4, 0.5) is 0 Å². The number of hydrogen-bond donors (Lipinski definition) is 1. The second-order valence-electron chi connectivity index (χ2n) is 16.2. The Labute approximate surface area is 583 Å². The molecule has 0 saturated carbocycles. The summed E-state index contributed by atoms with van der Waals surface area (Å²) < 4.78 is 35.6. The third-order valence-electron chi connectivity index (χ3n) is 10.4. The highest BCUT2D eigenvalue weighted by atomic mass is 79.9. The van der Waals surface area contributed by atoms with Gasteiger partial charge in [0.1, 0.15) is 42.4 Å². The lowest BCUT2D eigenvalue weighted by Gasteiger charge is -2.20. The molecule has 4 atom stereocenters. The summed E-state index contributed by atoms with van der Waals surface area (Å²) in [5, 5.41) is 8.14. The molecule has 1 N–H and O–H groups in total. The molecule has 2 aromatic carbocycles. The van der Waals surface area contributed by atoms with Crippen molar-refractivity contribution >= 4 is 121 Å². The van der Waals surface area contributed by atoms with E-state index in [9.17, 15) is 24.0 Å². The Morgan fingerprint density at radius 1 is 0.573 bits per heavy atom. The van der Waals surface area contributed by atoms with E-state index in [1.54, 1.807) is 87.7 Å². The summed E-state index contributed by atoms with van der Waals surface area (Å²) in [4.78, 5) is 69.7. The van der Waals surface area contributed by atoms with E-state index in [-0.39, 0.29) is 134 Å². The Morgan fingerprint density at radius 3 is 1.21 bits per heavy atom. The molecule has 0 radical (unpaired) electrons. The van der Waals surface area contributed by atoms with Crippen molar-refractivity contribution in [3.05, 3.63) is 125 Å². The van der Waals surface area contributed by atoms with Gasteiger partial charge in [0.25, 0.3) is 11.8 Å². The van der Waals surface area contributed by atoms with Crippen molar-refractivity contribution in [1.82, 2.24) is 19.8 Å². The third kappa shape index (κ3) is 50.2. The number of hydrogen-bond acceptors (Lipinski definition) is 15. The van der Waals surface area contributed by atoms with Crippen LogP contribution in [-0.2, 0) is 51.3 Å². The molecule has 2 amide bonds. The van der Waals surface area contributed by atoms with E-state index in [1.807, 2.05) is 83.1 Å². The third-order valence-corrected chi connectivity index (χ3v) is 13.4. The number of methoxy groups -OCH3 is 3. The molecular weight excluding hydrogens is 1450 g/mol. The molecule has 2 heterocycles. The fraction of sp³-hybridized carbons (Fsp3) is 0.561. The zero-order valence-corrected chi connectivity index (χ0v) is 55.3. The largest absolute Gasteiger partial charge is 0.472 e. The molecule has 0 aliphatic carbocycles. The number of halogens is 6. The minimum atomic E-state index is -0.253. The Bertz CT molecular complexity index is 2300. The van der Waals surface area contributed by atoms with E-state index in [0.29, 0.717) is 95.1 Å². The zero-order valence-electron chi connectivity index (χ0n) is 47.5. The number of rotatable bonds is 27. The van der Waals surface area contributed by atoms with Crippen molar-refractivity contribution in [2.45, 2.75) is 149 Å². The van der Waals surface area contributed by atoms with Gasteiger partial charge in [-0.2, -0.15) is 0 Å². The number of nitrogens with zero attached hydrogens (tertiary/aromatic N) is 4. The molecule has 0 saturated heterocycles. The number of aromatic nitrogens is 2. The van der Waals surface area contributed by atoms with Gasteiger partial charge in [-0.1, -0.05) is 183 Å². The van der Waals surface area contributed by atoms with E-state index < -0.39 is 0 Å². The molecule has 0 aliphatic rings. The standard InChI is InChI=1S/C25H33BrN2O5.C19H22N2O2.C6H11BrO3.C3H4Br2O.C3H8O2.CH2Cl2.9CH4/c1-5-28(6-2)24(29)21-8-7-13-27-23(21)33-17-19-9-11-20(12-10-19)22(26)16-18(3)25(30)32-15-14-31-4;1-4-15-9-11-16(12-10-15)14-23-18-17(8-7-13-20-18)19(22)21(5-2)6-3;1-5(7)6(8)10-4-3-9-2;1-2(4)3(5)6;1-5-3-2-4;2-1-3;;;;;;;;;/h7-13,18,22H,5-6,14-17H2,1-4H3;4,7-13H,1,5-6,14H2,2-3H3;5H,3-4H2,1-2H3;2H,1H3;4H,2-3H2,1H3;1H2;9*1H4. The summed E-state index contributed by atoms with van der Waals surface area (Å²) in [5.41, 5.74) is 5.05. The summed E-state index contributed by atoms with van der Waals surface area (Å²) in [6.45, 7) is 22.1. The van der Waals surface area contributed by atoms with E-state index in [0.717, 1.165) is 22.3 Å². The summed E-state index contributed by atoms with van der Waals surface area (Å²) in [6, 6.07) is 22.8. The van der Waals surface area contributed by atoms with Gasteiger partial charge in [-0.05, 0) is 110 Å². The van der Waals surface area contributed by atoms with Crippen molar-refractivity contribution in [2.24, 2.45) is 5.92 Å². The zero-order chi connectivity index (χ0) is 60.8. The first-order valence-corrected chi connectivity index (χ1v) is 30.1. The van der Waals surface area contributed by atoms with Crippen molar-refractivity contribution < 1.29 is 62.2 Å². The van der Waals surface area contributed by atoms with Gasteiger partial charge >= 0.3 is 11.9 Å². The van der Waals surface area contributed by atoms with Gasteiger partial charge in [-0.3, -0.25) is 24.0 Å². The molecule has 520 valence electrons. The highest BCUT2D eigenvalue weighted by Crippen LogP contribution is 2.31. The number of carbonyl (C=O) groups excluding carboxylic acids is 5. The highest BCUT2D eigenvalue weighted by molar-refractivity contribution is 9.20. The molecule has 0 aliphatic heterocycles. The molecular formula is C66H116Br4Cl2N4O13. The van der Waals surface area contributed by atoms with E-state index >= 15 is 0 Å². The minimum absolute atomic E-state index is 0. The molecule has 0 spiro atoms. The Kier molecular flexibility index (Phi) is 85.9. The molecule has 0 fully saturated rings. The summed E-state index contributed by atoms with van der Waals surface area (Å²) >= 11 is 22.1. The average molecular weight is 1560 g/mol. The first-order valence-electron chi connectivity index (χ1n) is 25.4. The van der Waals surface area contributed by atoms with Crippen LogP contribution in [0.25, 0.3) is 6.08 Å². The Morgan fingerprint density at radius 2 is 0.921 bits per heavy atom. The predicted octanol–water partition coefficient (Wildman–Crippen LogP) is 18.0.